The predicted molar refractivity (Wildman–Crippen MR) is 84.0 cm³/mol. The standard InChI is InChI=1S/C17H18O5/c1-10(11-5-6-13(18)14(19)7-11)12-8-15(20-2)17(22-4)16(9-12)21-3/h5-9,18-19H,1H2,2-4H3. The lowest BCUT2D eigenvalue weighted by Gasteiger charge is -2.15. The molecule has 0 heterocycles. The maximum absolute atomic E-state index is 9.62. The van der Waals surface area contributed by atoms with Crippen molar-refractivity contribution in [3.8, 4) is 28.7 Å². The van der Waals surface area contributed by atoms with Gasteiger partial charge in [0, 0.05) is 0 Å². The molecule has 2 aromatic rings. The Bertz CT molecular complexity index is 681. The lowest BCUT2D eigenvalue weighted by atomic mass is 9.98. The number of benzene rings is 2. The fraction of sp³-hybridized carbons (Fsp3) is 0.176. The van der Waals surface area contributed by atoms with Gasteiger partial charge in [-0.3, -0.25) is 0 Å². The summed E-state index contributed by atoms with van der Waals surface area (Å²) in [5.41, 5.74) is 2.07. The van der Waals surface area contributed by atoms with Crippen molar-refractivity contribution >= 4 is 5.57 Å². The van der Waals surface area contributed by atoms with Crippen molar-refractivity contribution in [1.82, 2.24) is 0 Å². The van der Waals surface area contributed by atoms with E-state index in [1.165, 1.54) is 33.5 Å². The average molecular weight is 302 g/mol. The minimum Gasteiger partial charge on any atom is -0.504 e. The Morgan fingerprint density at radius 1 is 0.818 bits per heavy atom. The molecule has 2 aromatic carbocycles. The molecule has 0 fully saturated rings. The monoisotopic (exact) mass is 302 g/mol. The van der Waals surface area contributed by atoms with E-state index < -0.39 is 0 Å². The number of hydrogen-bond donors (Lipinski definition) is 2. The summed E-state index contributed by atoms with van der Waals surface area (Å²) in [4.78, 5) is 0. The predicted octanol–water partition coefficient (Wildman–Crippen LogP) is 3.19. The van der Waals surface area contributed by atoms with E-state index in [2.05, 4.69) is 6.58 Å². The molecule has 22 heavy (non-hydrogen) atoms. The second-order valence-electron chi connectivity index (χ2n) is 4.60. The van der Waals surface area contributed by atoms with E-state index in [9.17, 15) is 10.2 Å². The molecule has 0 spiro atoms. The van der Waals surface area contributed by atoms with Crippen LogP contribution < -0.4 is 14.2 Å². The molecule has 2 N–H and O–H groups in total. The summed E-state index contributed by atoms with van der Waals surface area (Å²) in [7, 11) is 4.61. The fourth-order valence-corrected chi connectivity index (χ4v) is 2.13. The van der Waals surface area contributed by atoms with Crippen molar-refractivity contribution in [3.63, 3.8) is 0 Å². The van der Waals surface area contributed by atoms with Gasteiger partial charge < -0.3 is 24.4 Å². The summed E-state index contributed by atoms with van der Waals surface area (Å²) >= 11 is 0. The third-order valence-electron chi connectivity index (χ3n) is 3.34. The van der Waals surface area contributed by atoms with Crippen LogP contribution in [0.4, 0.5) is 0 Å². The van der Waals surface area contributed by atoms with E-state index in [0.29, 0.717) is 28.4 Å². The smallest absolute Gasteiger partial charge is 0.203 e. The minimum absolute atomic E-state index is 0.179. The van der Waals surface area contributed by atoms with Crippen molar-refractivity contribution in [2.75, 3.05) is 21.3 Å². The third kappa shape index (κ3) is 2.79. The van der Waals surface area contributed by atoms with Gasteiger partial charge in [0.25, 0.3) is 0 Å². The van der Waals surface area contributed by atoms with Gasteiger partial charge in [-0.25, -0.2) is 0 Å². The lowest BCUT2D eigenvalue weighted by Crippen LogP contribution is -1.97. The molecule has 0 saturated carbocycles. The number of rotatable bonds is 5. The summed E-state index contributed by atoms with van der Waals surface area (Å²) < 4.78 is 15.9. The Morgan fingerprint density at radius 2 is 1.41 bits per heavy atom. The quantitative estimate of drug-likeness (QED) is 0.830. The number of phenols is 2. The first kappa shape index (κ1) is 15.6. The van der Waals surface area contributed by atoms with Crippen LogP contribution in [0.1, 0.15) is 11.1 Å². The van der Waals surface area contributed by atoms with E-state index >= 15 is 0 Å². The van der Waals surface area contributed by atoms with E-state index in [-0.39, 0.29) is 11.5 Å². The lowest BCUT2D eigenvalue weighted by molar-refractivity contribution is 0.324. The van der Waals surface area contributed by atoms with Crippen molar-refractivity contribution in [1.29, 1.82) is 0 Å². The zero-order chi connectivity index (χ0) is 16.3. The van der Waals surface area contributed by atoms with E-state index in [1.807, 2.05) is 0 Å². The van der Waals surface area contributed by atoms with Crippen LogP contribution in [0.3, 0.4) is 0 Å². The van der Waals surface area contributed by atoms with Gasteiger partial charge >= 0.3 is 0 Å². The number of methoxy groups -OCH3 is 3. The first-order chi connectivity index (χ1) is 10.5. The topological polar surface area (TPSA) is 68.2 Å². The molecule has 0 aromatic heterocycles. The summed E-state index contributed by atoms with van der Waals surface area (Å²) in [5.74, 6) is 1.14. The van der Waals surface area contributed by atoms with Crippen molar-refractivity contribution in [2.45, 2.75) is 0 Å². The molecule has 0 amide bonds. The Hall–Kier alpha value is -2.82. The Labute approximate surface area is 129 Å². The van der Waals surface area contributed by atoms with Crippen LogP contribution in [0, 0.1) is 0 Å². The molecule has 0 aliphatic heterocycles. The van der Waals surface area contributed by atoms with Gasteiger partial charge in [0.15, 0.2) is 23.0 Å². The third-order valence-corrected chi connectivity index (χ3v) is 3.34. The van der Waals surface area contributed by atoms with Gasteiger partial charge in [-0.15, -0.1) is 0 Å². The number of hydrogen-bond acceptors (Lipinski definition) is 5. The minimum atomic E-state index is -0.203. The van der Waals surface area contributed by atoms with Crippen LogP contribution in [0.5, 0.6) is 28.7 Å². The molecule has 5 nitrogen and oxygen atoms in total. The van der Waals surface area contributed by atoms with Gasteiger partial charge in [-0.05, 0) is 41.0 Å². The zero-order valence-corrected chi connectivity index (χ0v) is 12.7. The van der Waals surface area contributed by atoms with Crippen molar-refractivity contribution in [3.05, 3.63) is 48.0 Å². The average Bonchev–Trinajstić information content (AvgIpc) is 2.55. The van der Waals surface area contributed by atoms with Crippen LogP contribution in [0.15, 0.2) is 36.9 Å². The first-order valence-electron chi connectivity index (χ1n) is 6.53. The summed E-state index contributed by atoms with van der Waals surface area (Å²) in [6, 6.07) is 8.07. The molecule has 0 aliphatic rings. The first-order valence-corrected chi connectivity index (χ1v) is 6.53. The van der Waals surface area contributed by atoms with Gasteiger partial charge in [-0.2, -0.15) is 0 Å². The highest BCUT2D eigenvalue weighted by atomic mass is 16.5. The van der Waals surface area contributed by atoms with Crippen LogP contribution in [-0.4, -0.2) is 31.5 Å². The molecule has 116 valence electrons. The second-order valence-corrected chi connectivity index (χ2v) is 4.60. The summed E-state index contributed by atoms with van der Waals surface area (Å²) in [6.45, 7) is 4.03. The Kier molecular flexibility index (Phi) is 4.46. The van der Waals surface area contributed by atoms with Gasteiger partial charge in [0.2, 0.25) is 5.75 Å². The molecule has 0 saturated heterocycles. The molecule has 0 bridgehead atoms. The molecule has 5 heteroatoms. The van der Waals surface area contributed by atoms with Gasteiger partial charge in [-0.1, -0.05) is 12.6 Å². The Balaban J connectivity index is 2.51. The van der Waals surface area contributed by atoms with Crippen LogP contribution >= 0.6 is 0 Å². The highest BCUT2D eigenvalue weighted by Gasteiger charge is 2.15. The van der Waals surface area contributed by atoms with E-state index in [1.54, 1.807) is 18.2 Å². The number of ether oxygens (including phenoxy) is 3. The van der Waals surface area contributed by atoms with E-state index in [0.717, 1.165) is 5.56 Å². The summed E-state index contributed by atoms with van der Waals surface area (Å²) in [5, 5.41) is 19.0. The maximum Gasteiger partial charge on any atom is 0.203 e. The Morgan fingerprint density at radius 3 is 1.86 bits per heavy atom. The van der Waals surface area contributed by atoms with E-state index in [4.69, 9.17) is 14.2 Å². The number of phenolic OH excluding ortho intramolecular Hbond substituents is 2. The molecular weight excluding hydrogens is 284 g/mol. The van der Waals surface area contributed by atoms with Crippen molar-refractivity contribution in [2.24, 2.45) is 0 Å². The normalized spacial score (nSPS) is 10.1. The molecule has 0 atom stereocenters. The maximum atomic E-state index is 9.62. The van der Waals surface area contributed by atoms with Crippen LogP contribution in [0.25, 0.3) is 5.57 Å². The molecule has 0 radical (unpaired) electrons. The van der Waals surface area contributed by atoms with Crippen molar-refractivity contribution < 1.29 is 24.4 Å². The summed E-state index contributed by atoms with van der Waals surface area (Å²) in [6.07, 6.45) is 0. The highest BCUT2D eigenvalue weighted by Crippen LogP contribution is 2.41. The molecule has 0 aliphatic carbocycles. The molecule has 2 rings (SSSR count). The molecular formula is C17H18O5. The number of aromatic hydroxyl groups is 2. The molecule has 0 unspecified atom stereocenters. The van der Waals surface area contributed by atoms with Gasteiger partial charge in [0.1, 0.15) is 0 Å². The SMILES string of the molecule is C=C(c1ccc(O)c(O)c1)c1cc(OC)c(OC)c(OC)c1. The largest absolute Gasteiger partial charge is 0.504 e. The fourth-order valence-electron chi connectivity index (χ4n) is 2.13. The van der Waals surface area contributed by atoms with Crippen LogP contribution in [0.2, 0.25) is 0 Å². The highest BCUT2D eigenvalue weighted by molar-refractivity contribution is 5.81. The van der Waals surface area contributed by atoms with Gasteiger partial charge in [0.05, 0.1) is 21.3 Å². The zero-order valence-electron chi connectivity index (χ0n) is 12.7. The van der Waals surface area contributed by atoms with Crippen LogP contribution in [-0.2, 0) is 0 Å². The second kappa shape index (κ2) is 6.30.